The van der Waals surface area contributed by atoms with E-state index in [1.54, 1.807) is 13.3 Å². The molecule has 0 bridgehead atoms. The van der Waals surface area contributed by atoms with Crippen molar-refractivity contribution >= 4 is 22.9 Å². The maximum Gasteiger partial charge on any atom is 0.152 e. The zero-order chi connectivity index (χ0) is 13.4. The van der Waals surface area contributed by atoms with Crippen LogP contribution in [0.3, 0.4) is 0 Å². The Labute approximate surface area is 120 Å². The van der Waals surface area contributed by atoms with E-state index in [1.165, 1.54) is 11.3 Å². The molecule has 0 radical (unpaired) electrons. The molecule has 0 saturated carbocycles. The van der Waals surface area contributed by atoms with Crippen molar-refractivity contribution in [1.82, 2.24) is 4.98 Å². The van der Waals surface area contributed by atoms with Crippen molar-refractivity contribution in [2.75, 3.05) is 7.11 Å². The summed E-state index contributed by atoms with van der Waals surface area (Å²) in [5.41, 5.74) is 7.18. The van der Waals surface area contributed by atoms with Crippen LogP contribution in [0.2, 0.25) is 4.34 Å². The second kappa shape index (κ2) is 5.00. The lowest BCUT2D eigenvalue weighted by atomic mass is 9.97. The van der Waals surface area contributed by atoms with E-state index in [9.17, 15) is 0 Å². The van der Waals surface area contributed by atoms with Crippen LogP contribution >= 0.6 is 22.9 Å². The molecule has 1 aromatic heterocycles. The second-order valence-corrected chi connectivity index (χ2v) is 6.05. The zero-order valence-electron chi connectivity index (χ0n) is 10.3. The summed E-state index contributed by atoms with van der Waals surface area (Å²) in [5, 5.41) is 0.863. The number of hydrogen-bond acceptors (Lipinski definition) is 5. The van der Waals surface area contributed by atoms with Gasteiger partial charge in [0.1, 0.15) is 20.8 Å². The monoisotopic (exact) mass is 296 g/mol. The predicted molar refractivity (Wildman–Crippen MR) is 75.0 cm³/mol. The van der Waals surface area contributed by atoms with Crippen molar-refractivity contribution in [3.05, 3.63) is 39.3 Å². The first kappa shape index (κ1) is 12.7. The summed E-state index contributed by atoms with van der Waals surface area (Å²) in [7, 11) is 1.64. The number of hydrogen-bond donors (Lipinski definition) is 1. The van der Waals surface area contributed by atoms with Crippen LogP contribution in [-0.4, -0.2) is 12.1 Å². The summed E-state index contributed by atoms with van der Waals surface area (Å²) in [6.07, 6.45) is 2.19. The molecule has 1 aromatic carbocycles. The predicted octanol–water partition coefficient (Wildman–Crippen LogP) is 3.33. The zero-order valence-corrected chi connectivity index (χ0v) is 11.9. The highest BCUT2D eigenvalue weighted by atomic mass is 35.5. The SMILES string of the molecule is COc1ccc2c(c1)C(N)CC(c1ncc(Cl)s1)O2. The molecule has 6 heteroatoms. The van der Waals surface area contributed by atoms with E-state index in [1.807, 2.05) is 18.2 Å². The molecule has 3 rings (SSSR count). The van der Waals surface area contributed by atoms with E-state index in [4.69, 9.17) is 26.8 Å². The molecule has 0 aliphatic carbocycles. The molecule has 2 unspecified atom stereocenters. The molecule has 100 valence electrons. The first-order valence-corrected chi connectivity index (χ1v) is 7.08. The lowest BCUT2D eigenvalue weighted by Crippen LogP contribution is -2.24. The van der Waals surface area contributed by atoms with Gasteiger partial charge >= 0.3 is 0 Å². The van der Waals surface area contributed by atoms with Crippen LogP contribution in [-0.2, 0) is 0 Å². The highest BCUT2D eigenvalue weighted by Gasteiger charge is 2.29. The molecular weight excluding hydrogens is 284 g/mol. The van der Waals surface area contributed by atoms with E-state index >= 15 is 0 Å². The summed E-state index contributed by atoms with van der Waals surface area (Å²) >= 11 is 7.34. The van der Waals surface area contributed by atoms with Gasteiger partial charge in [0.15, 0.2) is 6.10 Å². The fraction of sp³-hybridized carbons (Fsp3) is 0.308. The average Bonchev–Trinajstić information content (AvgIpc) is 2.85. The molecule has 0 fully saturated rings. The summed E-state index contributed by atoms with van der Waals surface area (Å²) in [4.78, 5) is 4.26. The van der Waals surface area contributed by atoms with Crippen molar-refractivity contribution in [3.8, 4) is 11.5 Å². The number of fused-ring (bicyclic) bond motifs is 1. The Hall–Kier alpha value is -1.30. The number of methoxy groups -OCH3 is 1. The summed E-state index contributed by atoms with van der Waals surface area (Å²) in [5.74, 6) is 1.57. The number of thiazole rings is 1. The number of benzene rings is 1. The van der Waals surface area contributed by atoms with Gasteiger partial charge in [-0.3, -0.25) is 0 Å². The van der Waals surface area contributed by atoms with Crippen molar-refractivity contribution in [1.29, 1.82) is 0 Å². The lowest BCUT2D eigenvalue weighted by molar-refractivity contribution is 0.161. The summed E-state index contributed by atoms with van der Waals surface area (Å²) in [6.45, 7) is 0. The molecule has 1 aliphatic rings. The average molecular weight is 297 g/mol. The van der Waals surface area contributed by atoms with Crippen LogP contribution in [0.4, 0.5) is 0 Å². The standard InChI is InChI=1S/C13H13ClN2O2S/c1-17-7-2-3-10-8(4-7)9(15)5-11(18-10)13-16-6-12(14)19-13/h2-4,6,9,11H,5,15H2,1H3. The quantitative estimate of drug-likeness (QED) is 0.923. The van der Waals surface area contributed by atoms with E-state index in [0.717, 1.165) is 22.1 Å². The maximum atomic E-state index is 6.21. The number of halogens is 1. The fourth-order valence-electron chi connectivity index (χ4n) is 2.18. The van der Waals surface area contributed by atoms with Crippen molar-refractivity contribution in [3.63, 3.8) is 0 Å². The van der Waals surface area contributed by atoms with Crippen LogP contribution in [0.1, 0.15) is 29.1 Å². The van der Waals surface area contributed by atoms with E-state index < -0.39 is 0 Å². The van der Waals surface area contributed by atoms with Gasteiger partial charge in [-0.25, -0.2) is 4.98 Å². The maximum absolute atomic E-state index is 6.21. The first-order chi connectivity index (χ1) is 9.17. The van der Waals surface area contributed by atoms with E-state index in [-0.39, 0.29) is 12.1 Å². The minimum absolute atomic E-state index is 0.0912. The third kappa shape index (κ3) is 2.41. The van der Waals surface area contributed by atoms with Crippen molar-refractivity contribution in [2.24, 2.45) is 5.73 Å². The Morgan fingerprint density at radius 1 is 1.53 bits per heavy atom. The third-order valence-corrected chi connectivity index (χ3v) is 4.33. The minimum Gasteiger partial charge on any atom is -0.497 e. The molecule has 2 aromatic rings. The van der Waals surface area contributed by atoms with Gasteiger partial charge < -0.3 is 15.2 Å². The second-order valence-electron chi connectivity index (χ2n) is 4.36. The van der Waals surface area contributed by atoms with Gasteiger partial charge in [0.05, 0.1) is 13.3 Å². The fourth-order valence-corrected chi connectivity index (χ4v) is 3.15. The topological polar surface area (TPSA) is 57.4 Å². The van der Waals surface area contributed by atoms with E-state index in [2.05, 4.69) is 4.98 Å². The van der Waals surface area contributed by atoms with Crippen LogP contribution < -0.4 is 15.2 Å². The van der Waals surface area contributed by atoms with Gasteiger partial charge in [-0.1, -0.05) is 11.6 Å². The van der Waals surface area contributed by atoms with Gasteiger partial charge in [0.2, 0.25) is 0 Å². The molecule has 4 nitrogen and oxygen atoms in total. The third-order valence-electron chi connectivity index (χ3n) is 3.12. The van der Waals surface area contributed by atoms with Gasteiger partial charge in [0, 0.05) is 18.0 Å². The van der Waals surface area contributed by atoms with Crippen LogP contribution in [0.5, 0.6) is 11.5 Å². The Kier molecular flexibility index (Phi) is 3.35. The molecule has 0 spiro atoms. The summed E-state index contributed by atoms with van der Waals surface area (Å²) in [6, 6.07) is 5.58. The van der Waals surface area contributed by atoms with E-state index in [0.29, 0.717) is 10.8 Å². The highest BCUT2D eigenvalue weighted by Crippen LogP contribution is 2.42. The summed E-state index contributed by atoms with van der Waals surface area (Å²) < 4.78 is 11.8. The normalized spacial score (nSPS) is 21.6. The molecular formula is C13H13ClN2O2S. The molecule has 2 N–H and O–H groups in total. The lowest BCUT2D eigenvalue weighted by Gasteiger charge is -2.29. The minimum atomic E-state index is -0.131. The molecule has 2 heterocycles. The number of ether oxygens (including phenoxy) is 2. The van der Waals surface area contributed by atoms with Gasteiger partial charge in [-0.15, -0.1) is 11.3 Å². The van der Waals surface area contributed by atoms with Gasteiger partial charge in [-0.2, -0.15) is 0 Å². The Bertz CT molecular complexity index is 602. The van der Waals surface area contributed by atoms with Gasteiger partial charge in [0.25, 0.3) is 0 Å². The Morgan fingerprint density at radius 3 is 3.05 bits per heavy atom. The number of aromatic nitrogens is 1. The number of rotatable bonds is 2. The Balaban J connectivity index is 1.92. The number of nitrogens with zero attached hydrogens (tertiary/aromatic N) is 1. The molecule has 1 aliphatic heterocycles. The van der Waals surface area contributed by atoms with Crippen LogP contribution in [0, 0.1) is 0 Å². The Morgan fingerprint density at radius 2 is 2.37 bits per heavy atom. The molecule has 0 amide bonds. The molecule has 19 heavy (non-hydrogen) atoms. The first-order valence-electron chi connectivity index (χ1n) is 5.89. The van der Waals surface area contributed by atoms with Crippen LogP contribution in [0.15, 0.2) is 24.4 Å². The molecule has 0 saturated heterocycles. The van der Waals surface area contributed by atoms with Crippen molar-refractivity contribution < 1.29 is 9.47 Å². The van der Waals surface area contributed by atoms with Crippen molar-refractivity contribution in [2.45, 2.75) is 18.6 Å². The molecule has 2 atom stereocenters. The number of nitrogens with two attached hydrogens (primary N) is 1. The van der Waals surface area contributed by atoms with Gasteiger partial charge in [-0.05, 0) is 18.2 Å². The van der Waals surface area contributed by atoms with Crippen LogP contribution in [0.25, 0.3) is 0 Å². The smallest absolute Gasteiger partial charge is 0.152 e. The largest absolute Gasteiger partial charge is 0.497 e. The highest BCUT2D eigenvalue weighted by molar-refractivity contribution is 7.15.